The molecule has 0 saturated carbocycles. The average molecular weight is 263 g/mol. The lowest BCUT2D eigenvalue weighted by Gasteiger charge is -2.24. The Morgan fingerprint density at radius 3 is 2.50 bits per heavy atom. The van der Waals surface area contributed by atoms with Gasteiger partial charge in [-0.1, -0.05) is 20.8 Å². The van der Waals surface area contributed by atoms with E-state index in [4.69, 9.17) is 0 Å². The summed E-state index contributed by atoms with van der Waals surface area (Å²) in [6.45, 7) is 8.20. The van der Waals surface area contributed by atoms with Crippen molar-refractivity contribution in [2.45, 2.75) is 39.9 Å². The molecular weight excluding hydrogens is 243 g/mol. The van der Waals surface area contributed by atoms with Gasteiger partial charge in [-0.15, -0.1) is 0 Å². The Labute approximate surface area is 105 Å². The molecule has 0 spiro atoms. The SMILES string of the molecule is CCCNCC(C)(C)Cn1cc(C(F)(F)F)cn1. The molecule has 0 aliphatic rings. The van der Waals surface area contributed by atoms with E-state index in [9.17, 15) is 13.2 Å². The summed E-state index contributed by atoms with van der Waals surface area (Å²) in [5, 5.41) is 7.03. The summed E-state index contributed by atoms with van der Waals surface area (Å²) in [5.74, 6) is 0. The summed E-state index contributed by atoms with van der Waals surface area (Å²) in [5.41, 5.74) is -0.829. The van der Waals surface area contributed by atoms with Gasteiger partial charge in [0.2, 0.25) is 0 Å². The number of hydrogen-bond acceptors (Lipinski definition) is 2. The Hall–Kier alpha value is -1.04. The number of alkyl halides is 3. The van der Waals surface area contributed by atoms with Crippen molar-refractivity contribution in [1.29, 1.82) is 0 Å². The zero-order valence-electron chi connectivity index (χ0n) is 11.0. The summed E-state index contributed by atoms with van der Waals surface area (Å²) in [6, 6.07) is 0. The third kappa shape index (κ3) is 4.68. The quantitative estimate of drug-likeness (QED) is 0.800. The predicted molar refractivity (Wildman–Crippen MR) is 64.2 cm³/mol. The Kier molecular flexibility index (Phi) is 4.78. The van der Waals surface area contributed by atoms with Crippen molar-refractivity contribution in [2.24, 2.45) is 5.41 Å². The number of nitrogens with zero attached hydrogens (tertiary/aromatic N) is 2. The lowest BCUT2D eigenvalue weighted by atomic mass is 9.93. The molecule has 0 saturated heterocycles. The molecule has 6 heteroatoms. The van der Waals surface area contributed by atoms with Crippen LogP contribution in [0.2, 0.25) is 0 Å². The van der Waals surface area contributed by atoms with Crippen molar-refractivity contribution in [3.8, 4) is 0 Å². The average Bonchev–Trinajstić information content (AvgIpc) is 2.65. The third-order valence-corrected chi connectivity index (χ3v) is 2.58. The highest BCUT2D eigenvalue weighted by atomic mass is 19.4. The Morgan fingerprint density at radius 2 is 2.00 bits per heavy atom. The molecule has 1 heterocycles. The van der Waals surface area contributed by atoms with Crippen LogP contribution in [-0.4, -0.2) is 22.9 Å². The van der Waals surface area contributed by atoms with Gasteiger partial charge in [-0.05, 0) is 18.4 Å². The van der Waals surface area contributed by atoms with Crippen LogP contribution in [0.25, 0.3) is 0 Å². The second kappa shape index (κ2) is 5.73. The molecule has 0 aliphatic heterocycles. The molecule has 0 unspecified atom stereocenters. The predicted octanol–water partition coefficient (Wildman–Crippen LogP) is 2.93. The molecule has 1 aromatic rings. The number of hydrogen-bond donors (Lipinski definition) is 1. The van der Waals surface area contributed by atoms with Crippen molar-refractivity contribution in [1.82, 2.24) is 15.1 Å². The molecule has 1 aromatic heterocycles. The zero-order chi connectivity index (χ0) is 13.8. The van der Waals surface area contributed by atoms with E-state index in [1.807, 2.05) is 13.8 Å². The van der Waals surface area contributed by atoms with Gasteiger partial charge in [-0.25, -0.2) is 0 Å². The summed E-state index contributed by atoms with van der Waals surface area (Å²) < 4.78 is 38.6. The van der Waals surface area contributed by atoms with Crippen LogP contribution in [0, 0.1) is 5.41 Å². The molecule has 0 aliphatic carbocycles. The Morgan fingerprint density at radius 1 is 1.33 bits per heavy atom. The first-order valence-electron chi connectivity index (χ1n) is 6.05. The highest BCUT2D eigenvalue weighted by Crippen LogP contribution is 2.29. The van der Waals surface area contributed by atoms with E-state index in [0.29, 0.717) is 6.54 Å². The Balaban J connectivity index is 2.58. The van der Waals surface area contributed by atoms with Crippen molar-refractivity contribution in [3.63, 3.8) is 0 Å². The van der Waals surface area contributed by atoms with E-state index in [-0.39, 0.29) is 5.41 Å². The maximum Gasteiger partial charge on any atom is 0.419 e. The topological polar surface area (TPSA) is 29.9 Å². The van der Waals surface area contributed by atoms with Gasteiger partial charge in [-0.2, -0.15) is 18.3 Å². The monoisotopic (exact) mass is 263 g/mol. The molecule has 18 heavy (non-hydrogen) atoms. The summed E-state index contributed by atoms with van der Waals surface area (Å²) in [4.78, 5) is 0. The normalized spacial score (nSPS) is 13.0. The van der Waals surface area contributed by atoms with Gasteiger partial charge in [0.1, 0.15) is 0 Å². The fourth-order valence-corrected chi connectivity index (χ4v) is 1.69. The first-order valence-corrected chi connectivity index (χ1v) is 6.05. The highest BCUT2D eigenvalue weighted by molar-refractivity contribution is 5.08. The second-order valence-electron chi connectivity index (χ2n) is 5.27. The van der Waals surface area contributed by atoms with E-state index in [1.54, 1.807) is 0 Å². The minimum atomic E-state index is -4.32. The van der Waals surface area contributed by atoms with Crippen molar-refractivity contribution >= 4 is 0 Å². The number of aromatic nitrogens is 2. The summed E-state index contributed by atoms with van der Waals surface area (Å²) >= 11 is 0. The minimum Gasteiger partial charge on any atom is -0.316 e. The molecule has 0 amide bonds. The molecule has 3 nitrogen and oxygen atoms in total. The summed E-state index contributed by atoms with van der Waals surface area (Å²) in [7, 11) is 0. The van der Waals surface area contributed by atoms with Crippen LogP contribution < -0.4 is 5.32 Å². The van der Waals surface area contributed by atoms with Crippen LogP contribution in [-0.2, 0) is 12.7 Å². The minimum absolute atomic E-state index is 0.135. The van der Waals surface area contributed by atoms with Crippen molar-refractivity contribution < 1.29 is 13.2 Å². The van der Waals surface area contributed by atoms with Gasteiger partial charge < -0.3 is 5.32 Å². The fraction of sp³-hybridized carbons (Fsp3) is 0.750. The van der Waals surface area contributed by atoms with E-state index >= 15 is 0 Å². The molecule has 1 rings (SSSR count). The smallest absolute Gasteiger partial charge is 0.316 e. The van der Waals surface area contributed by atoms with Crippen LogP contribution in [0.4, 0.5) is 13.2 Å². The van der Waals surface area contributed by atoms with Crippen LogP contribution in [0.15, 0.2) is 12.4 Å². The zero-order valence-corrected chi connectivity index (χ0v) is 11.0. The molecule has 0 radical (unpaired) electrons. The molecule has 0 fully saturated rings. The molecule has 104 valence electrons. The van der Waals surface area contributed by atoms with Gasteiger partial charge in [0.15, 0.2) is 0 Å². The van der Waals surface area contributed by atoms with Crippen LogP contribution in [0.5, 0.6) is 0 Å². The van der Waals surface area contributed by atoms with Crippen LogP contribution >= 0.6 is 0 Å². The van der Waals surface area contributed by atoms with Crippen LogP contribution in [0.3, 0.4) is 0 Å². The van der Waals surface area contributed by atoms with Crippen LogP contribution in [0.1, 0.15) is 32.8 Å². The second-order valence-corrected chi connectivity index (χ2v) is 5.27. The van der Waals surface area contributed by atoms with Crippen molar-refractivity contribution in [2.75, 3.05) is 13.1 Å². The lowest BCUT2D eigenvalue weighted by Crippen LogP contribution is -2.33. The van der Waals surface area contributed by atoms with Crippen molar-refractivity contribution in [3.05, 3.63) is 18.0 Å². The van der Waals surface area contributed by atoms with E-state index in [1.165, 1.54) is 4.68 Å². The third-order valence-electron chi connectivity index (χ3n) is 2.58. The lowest BCUT2D eigenvalue weighted by molar-refractivity contribution is -0.137. The van der Waals surface area contributed by atoms with Gasteiger partial charge >= 0.3 is 6.18 Å². The highest BCUT2D eigenvalue weighted by Gasteiger charge is 2.32. The molecule has 1 N–H and O–H groups in total. The van der Waals surface area contributed by atoms with Gasteiger partial charge in [0.05, 0.1) is 11.8 Å². The maximum atomic E-state index is 12.4. The van der Waals surface area contributed by atoms with E-state index in [0.717, 1.165) is 31.9 Å². The molecular formula is C12H20F3N3. The standard InChI is InChI=1S/C12H20F3N3/c1-4-5-16-8-11(2,3)9-18-7-10(6-17-18)12(13,14)15/h6-7,16H,4-5,8-9H2,1-3H3. The van der Waals surface area contributed by atoms with Gasteiger partial charge in [-0.3, -0.25) is 4.68 Å². The van der Waals surface area contributed by atoms with Gasteiger partial charge in [0, 0.05) is 19.3 Å². The largest absolute Gasteiger partial charge is 0.419 e. The first-order chi connectivity index (χ1) is 8.24. The maximum absolute atomic E-state index is 12.4. The molecule has 0 atom stereocenters. The molecule has 0 bridgehead atoms. The first kappa shape index (κ1) is 15.0. The molecule has 0 aromatic carbocycles. The number of nitrogens with one attached hydrogen (secondary N) is 1. The Bertz CT molecular complexity index is 369. The number of rotatable bonds is 6. The summed E-state index contributed by atoms with van der Waals surface area (Å²) in [6.07, 6.45) is -1.35. The number of halogens is 3. The van der Waals surface area contributed by atoms with E-state index < -0.39 is 11.7 Å². The van der Waals surface area contributed by atoms with Gasteiger partial charge in [0.25, 0.3) is 0 Å². The van der Waals surface area contributed by atoms with E-state index in [2.05, 4.69) is 17.3 Å². The fourth-order valence-electron chi connectivity index (χ4n) is 1.69.